The van der Waals surface area contributed by atoms with Gasteiger partial charge in [-0.25, -0.2) is 13.1 Å². The Labute approximate surface area is 125 Å². The molecule has 0 aliphatic heterocycles. The zero-order valence-electron chi connectivity index (χ0n) is 11.8. The van der Waals surface area contributed by atoms with Crippen molar-refractivity contribution in [2.75, 3.05) is 13.1 Å². The van der Waals surface area contributed by atoms with Gasteiger partial charge < -0.3 is 11.1 Å². The van der Waals surface area contributed by atoms with Crippen LogP contribution in [0.3, 0.4) is 0 Å². The lowest BCUT2D eigenvalue weighted by atomic mass is 10.2. The van der Waals surface area contributed by atoms with E-state index in [1.54, 1.807) is 0 Å². The number of unbranched alkanes of at least 4 members (excludes halogenated alkanes) is 1. The van der Waals surface area contributed by atoms with Crippen LogP contribution in [-0.2, 0) is 10.0 Å². The van der Waals surface area contributed by atoms with Gasteiger partial charge in [0.1, 0.15) is 0 Å². The van der Waals surface area contributed by atoms with Crippen molar-refractivity contribution in [3.05, 3.63) is 29.8 Å². The molecule has 0 aromatic heterocycles. The summed E-state index contributed by atoms with van der Waals surface area (Å²) in [6.07, 6.45) is 3.48. The molecule has 0 bridgehead atoms. The second-order valence-electron chi connectivity index (χ2n) is 5.17. The smallest absolute Gasteiger partial charge is 0.251 e. The Morgan fingerprint density at radius 3 is 2.43 bits per heavy atom. The number of benzene rings is 1. The summed E-state index contributed by atoms with van der Waals surface area (Å²) >= 11 is 0. The molecule has 4 N–H and O–H groups in total. The van der Waals surface area contributed by atoms with E-state index >= 15 is 0 Å². The number of rotatable bonds is 8. The molecule has 0 unspecified atom stereocenters. The first kappa shape index (κ1) is 15.9. The molecule has 0 saturated heterocycles. The Bertz CT molecular complexity index is 580. The third kappa shape index (κ3) is 4.80. The lowest BCUT2D eigenvalue weighted by Gasteiger charge is -2.07. The molecule has 1 saturated carbocycles. The number of hydrogen-bond acceptors (Lipinski definition) is 4. The number of hydrogen-bond donors (Lipinski definition) is 3. The van der Waals surface area contributed by atoms with E-state index in [-0.39, 0.29) is 16.8 Å². The summed E-state index contributed by atoms with van der Waals surface area (Å²) in [5, 5.41) is 2.77. The van der Waals surface area contributed by atoms with Crippen molar-refractivity contribution in [3.8, 4) is 0 Å². The molecule has 1 fully saturated rings. The SMILES string of the molecule is NCCCCNC(=O)c1ccc(S(=O)(=O)NC2CC2)cc1. The van der Waals surface area contributed by atoms with E-state index in [9.17, 15) is 13.2 Å². The standard InChI is InChI=1S/C14H21N3O3S/c15-9-1-2-10-16-14(18)11-3-7-13(8-4-11)21(19,20)17-12-5-6-12/h3-4,7-8,12,17H,1-2,5-6,9-10,15H2,(H,16,18). The van der Waals surface area contributed by atoms with Gasteiger partial charge in [0.25, 0.3) is 5.91 Å². The highest BCUT2D eigenvalue weighted by molar-refractivity contribution is 7.89. The van der Waals surface area contributed by atoms with Crippen molar-refractivity contribution in [1.82, 2.24) is 10.0 Å². The third-order valence-electron chi connectivity index (χ3n) is 3.24. The highest BCUT2D eigenvalue weighted by Gasteiger charge is 2.27. The quantitative estimate of drug-likeness (QED) is 0.612. The Morgan fingerprint density at radius 1 is 1.19 bits per heavy atom. The van der Waals surface area contributed by atoms with E-state index in [1.807, 2.05) is 0 Å². The van der Waals surface area contributed by atoms with E-state index in [4.69, 9.17) is 5.73 Å². The molecule has 0 atom stereocenters. The van der Waals surface area contributed by atoms with Crippen LogP contribution < -0.4 is 15.8 Å². The van der Waals surface area contributed by atoms with Gasteiger partial charge in [0.15, 0.2) is 0 Å². The number of sulfonamides is 1. The molecule has 0 heterocycles. The van der Waals surface area contributed by atoms with Crippen molar-refractivity contribution < 1.29 is 13.2 Å². The predicted octanol–water partition coefficient (Wildman–Crippen LogP) is 0.596. The molecule has 1 amide bonds. The fourth-order valence-electron chi connectivity index (χ4n) is 1.85. The maximum atomic E-state index is 12.0. The van der Waals surface area contributed by atoms with E-state index in [0.717, 1.165) is 25.7 Å². The van der Waals surface area contributed by atoms with Crippen molar-refractivity contribution in [2.45, 2.75) is 36.6 Å². The maximum absolute atomic E-state index is 12.0. The van der Waals surface area contributed by atoms with Crippen molar-refractivity contribution >= 4 is 15.9 Å². The van der Waals surface area contributed by atoms with Gasteiger partial charge in [-0.05, 0) is 56.5 Å². The third-order valence-corrected chi connectivity index (χ3v) is 4.78. The minimum Gasteiger partial charge on any atom is -0.352 e. The van der Waals surface area contributed by atoms with E-state index < -0.39 is 10.0 Å². The van der Waals surface area contributed by atoms with Crippen LogP contribution >= 0.6 is 0 Å². The molecule has 1 aliphatic carbocycles. The second kappa shape index (κ2) is 7.02. The van der Waals surface area contributed by atoms with Gasteiger partial charge in [-0.15, -0.1) is 0 Å². The zero-order valence-corrected chi connectivity index (χ0v) is 12.7. The van der Waals surface area contributed by atoms with Crippen molar-refractivity contribution in [2.24, 2.45) is 5.73 Å². The van der Waals surface area contributed by atoms with Gasteiger partial charge in [-0.1, -0.05) is 0 Å². The summed E-state index contributed by atoms with van der Waals surface area (Å²) in [4.78, 5) is 12.0. The molecular weight excluding hydrogens is 290 g/mol. The molecule has 2 rings (SSSR count). The molecule has 21 heavy (non-hydrogen) atoms. The first-order valence-corrected chi connectivity index (χ1v) is 8.62. The summed E-state index contributed by atoms with van der Waals surface area (Å²) in [5.41, 5.74) is 5.83. The largest absolute Gasteiger partial charge is 0.352 e. The van der Waals surface area contributed by atoms with Crippen LogP contribution in [-0.4, -0.2) is 33.5 Å². The fraction of sp³-hybridized carbons (Fsp3) is 0.500. The van der Waals surface area contributed by atoms with Crippen LogP contribution in [0.1, 0.15) is 36.0 Å². The van der Waals surface area contributed by atoms with Crippen LogP contribution in [0, 0.1) is 0 Å². The lowest BCUT2D eigenvalue weighted by molar-refractivity contribution is 0.0953. The van der Waals surface area contributed by atoms with Crippen LogP contribution in [0.5, 0.6) is 0 Å². The predicted molar refractivity (Wildman–Crippen MR) is 80.4 cm³/mol. The summed E-state index contributed by atoms with van der Waals surface area (Å²) in [5.74, 6) is -0.203. The van der Waals surface area contributed by atoms with E-state index in [1.165, 1.54) is 24.3 Å². The van der Waals surface area contributed by atoms with Crippen molar-refractivity contribution in [3.63, 3.8) is 0 Å². The second-order valence-corrected chi connectivity index (χ2v) is 6.89. The number of amides is 1. The highest BCUT2D eigenvalue weighted by atomic mass is 32.2. The summed E-state index contributed by atoms with van der Waals surface area (Å²) < 4.78 is 26.6. The zero-order chi connectivity index (χ0) is 15.3. The molecule has 1 aliphatic rings. The normalized spacial score (nSPS) is 14.9. The van der Waals surface area contributed by atoms with Gasteiger partial charge in [-0.3, -0.25) is 4.79 Å². The molecule has 0 spiro atoms. The molecule has 7 heteroatoms. The number of nitrogens with two attached hydrogens (primary N) is 1. The Balaban J connectivity index is 1.93. The van der Waals surface area contributed by atoms with Gasteiger partial charge in [-0.2, -0.15) is 0 Å². The first-order valence-electron chi connectivity index (χ1n) is 7.13. The average Bonchev–Trinajstić information content (AvgIpc) is 3.27. The molecule has 116 valence electrons. The molecule has 6 nitrogen and oxygen atoms in total. The molecular formula is C14H21N3O3S. The van der Waals surface area contributed by atoms with Crippen LogP contribution in [0.2, 0.25) is 0 Å². The first-order chi connectivity index (χ1) is 10.0. The van der Waals surface area contributed by atoms with Crippen LogP contribution in [0.25, 0.3) is 0 Å². The number of carbonyl (C=O) groups excluding carboxylic acids is 1. The fourth-order valence-corrected chi connectivity index (χ4v) is 3.15. The molecule has 1 aromatic carbocycles. The van der Waals surface area contributed by atoms with Gasteiger partial charge in [0.05, 0.1) is 4.90 Å². The number of carbonyl (C=O) groups is 1. The average molecular weight is 311 g/mol. The Kier molecular flexibility index (Phi) is 5.33. The van der Waals surface area contributed by atoms with Gasteiger partial charge in [0, 0.05) is 18.2 Å². The van der Waals surface area contributed by atoms with E-state index in [2.05, 4.69) is 10.0 Å². The van der Waals surface area contributed by atoms with E-state index in [0.29, 0.717) is 18.7 Å². The molecule has 0 radical (unpaired) electrons. The van der Waals surface area contributed by atoms with Crippen LogP contribution in [0.15, 0.2) is 29.2 Å². The van der Waals surface area contributed by atoms with Crippen LogP contribution in [0.4, 0.5) is 0 Å². The minimum absolute atomic E-state index is 0.0699. The topological polar surface area (TPSA) is 101 Å². The molecule has 1 aromatic rings. The number of nitrogens with one attached hydrogen (secondary N) is 2. The van der Waals surface area contributed by atoms with Gasteiger partial charge in [0.2, 0.25) is 10.0 Å². The Hall–Kier alpha value is -1.44. The lowest BCUT2D eigenvalue weighted by Crippen LogP contribution is -2.26. The van der Waals surface area contributed by atoms with Gasteiger partial charge >= 0.3 is 0 Å². The highest BCUT2D eigenvalue weighted by Crippen LogP contribution is 2.22. The maximum Gasteiger partial charge on any atom is 0.251 e. The summed E-state index contributed by atoms with van der Waals surface area (Å²) in [6.45, 7) is 1.18. The monoisotopic (exact) mass is 311 g/mol. The summed E-state index contributed by atoms with van der Waals surface area (Å²) in [6, 6.07) is 6.04. The Morgan fingerprint density at radius 2 is 1.86 bits per heavy atom. The van der Waals surface area contributed by atoms with Crippen molar-refractivity contribution in [1.29, 1.82) is 0 Å². The minimum atomic E-state index is -3.46. The summed E-state index contributed by atoms with van der Waals surface area (Å²) in [7, 11) is -3.46.